The molecule has 4 N–H and O–H groups in total. The molecule has 18 heteroatoms. The highest BCUT2D eigenvalue weighted by Crippen LogP contribution is 2.45. The number of phosphoric ester groups is 2. The van der Waals surface area contributed by atoms with Gasteiger partial charge < -0.3 is 34.2 Å². The second-order valence-corrected chi connectivity index (χ2v) is 32.2. The van der Waals surface area contributed by atoms with Gasteiger partial charge in [-0.2, -0.15) is 0 Å². The molecule has 0 aromatic rings. The molecule has 0 aliphatic rings. The van der Waals surface area contributed by atoms with Crippen molar-refractivity contribution in [3.05, 3.63) is 122 Å². The summed E-state index contributed by atoms with van der Waals surface area (Å²) in [6, 6.07) is 0. The van der Waals surface area contributed by atoms with E-state index in [0.717, 1.165) is 141 Å². The number of phosphoric acid groups is 2. The van der Waals surface area contributed by atoms with Gasteiger partial charge in [-0.1, -0.05) is 348 Å². The van der Waals surface area contributed by atoms with Gasteiger partial charge in [0.05, 0.1) is 26.4 Å². The van der Waals surface area contributed by atoms with E-state index in [0.29, 0.717) is 19.3 Å². The van der Waals surface area contributed by atoms with E-state index >= 15 is 0 Å². The van der Waals surface area contributed by atoms with Crippen LogP contribution in [0.3, 0.4) is 0 Å². The van der Waals surface area contributed by atoms with E-state index < -0.39 is 91.5 Å². The third kappa shape index (κ3) is 84.7. The topological polar surface area (TPSA) is 231 Å². The molecule has 0 aromatic heterocycles. The van der Waals surface area contributed by atoms with Crippen LogP contribution in [0, 0.1) is 0 Å². The average molecular weight is 1570 g/mol. The number of hydrogen-bond donors (Lipinski definition) is 4. The van der Waals surface area contributed by atoms with Crippen LogP contribution < -0.4 is 0 Å². The van der Waals surface area contributed by atoms with Crippen molar-refractivity contribution in [3.63, 3.8) is 0 Å². The number of unbranched alkanes of at least 4 members (excludes halogenated alkanes) is 40. The van der Waals surface area contributed by atoms with Crippen LogP contribution in [0.4, 0.5) is 0 Å². The molecule has 5 atom stereocenters. The number of rotatable bonds is 83. The van der Waals surface area contributed by atoms with Crippen LogP contribution >= 0.6 is 15.6 Å². The number of ether oxygens (including phenoxy) is 3. The molecule has 0 spiro atoms. The molecule has 0 fully saturated rings. The Morgan fingerprint density at radius 1 is 0.266 bits per heavy atom. The molecule has 0 saturated carbocycles. The minimum Gasteiger partial charge on any atom is -0.463 e. The molecule has 0 amide bonds. The molecule has 0 heterocycles. The molecular weight excluding hydrogens is 1410 g/mol. The smallest absolute Gasteiger partial charge is 0.463 e. The zero-order valence-corrected chi connectivity index (χ0v) is 71.0. The van der Waals surface area contributed by atoms with Gasteiger partial charge in [0.15, 0.2) is 6.10 Å². The van der Waals surface area contributed by atoms with Crippen molar-refractivity contribution in [2.24, 2.45) is 0 Å². The summed E-state index contributed by atoms with van der Waals surface area (Å²) in [5, 5.41) is 20.7. The van der Waals surface area contributed by atoms with Crippen molar-refractivity contribution in [3.8, 4) is 0 Å². The molecule has 109 heavy (non-hydrogen) atoms. The average Bonchev–Trinajstić information content (AvgIpc) is 0.903. The number of aliphatic hydroxyl groups excluding tert-OH is 2. The lowest BCUT2D eigenvalue weighted by Gasteiger charge is -2.21. The van der Waals surface area contributed by atoms with Crippen molar-refractivity contribution >= 4 is 33.6 Å². The predicted octanol–water partition coefficient (Wildman–Crippen LogP) is 26.4. The first-order valence-corrected chi connectivity index (χ1v) is 46.8. The fraction of sp³-hybridized carbons (Fsp3) is 0.747. The normalized spacial score (nSPS) is 14.4. The monoisotopic (exact) mass is 1570 g/mol. The van der Waals surface area contributed by atoms with Gasteiger partial charge in [0.2, 0.25) is 0 Å². The number of aliphatic hydroxyl groups is 2. The Balaban J connectivity index is 4.38. The lowest BCUT2D eigenvalue weighted by molar-refractivity contribution is -0.161. The maximum atomic E-state index is 13.0. The number of hydrogen-bond acceptors (Lipinski definition) is 14. The minimum absolute atomic E-state index is 0.0927. The van der Waals surface area contributed by atoms with E-state index in [1.165, 1.54) is 180 Å². The van der Waals surface area contributed by atoms with Gasteiger partial charge in [0.25, 0.3) is 0 Å². The summed E-state index contributed by atoms with van der Waals surface area (Å²) in [7, 11) is -9.79. The van der Waals surface area contributed by atoms with E-state index in [1.807, 2.05) is 0 Å². The Morgan fingerprint density at radius 2 is 0.486 bits per heavy atom. The highest BCUT2D eigenvalue weighted by Gasteiger charge is 2.29. The Kier molecular flexibility index (Phi) is 80.3. The van der Waals surface area contributed by atoms with Crippen LogP contribution in [0.5, 0.6) is 0 Å². The van der Waals surface area contributed by atoms with E-state index in [4.69, 9.17) is 32.3 Å². The van der Waals surface area contributed by atoms with Crippen LogP contribution in [0.1, 0.15) is 380 Å². The van der Waals surface area contributed by atoms with E-state index in [1.54, 1.807) is 0 Å². The first-order chi connectivity index (χ1) is 53.2. The first-order valence-electron chi connectivity index (χ1n) is 43.8. The van der Waals surface area contributed by atoms with Crippen LogP contribution in [0.15, 0.2) is 122 Å². The summed E-state index contributed by atoms with van der Waals surface area (Å²) in [4.78, 5) is 58.7. The zero-order chi connectivity index (χ0) is 79.4. The quantitative estimate of drug-likeness (QED) is 0.0146. The second kappa shape index (κ2) is 83.4. The van der Waals surface area contributed by atoms with Crippen LogP contribution in [-0.2, 0) is 55.8 Å². The van der Waals surface area contributed by atoms with Gasteiger partial charge in [-0.05, 0) is 135 Å². The largest absolute Gasteiger partial charge is 0.472 e. The van der Waals surface area contributed by atoms with E-state index in [-0.39, 0.29) is 19.3 Å². The van der Waals surface area contributed by atoms with Gasteiger partial charge in [-0.3, -0.25) is 32.5 Å². The predicted molar refractivity (Wildman–Crippen MR) is 454 cm³/mol. The molecule has 0 radical (unpaired) electrons. The molecule has 630 valence electrons. The number of allylic oxidation sites excluding steroid dienone is 20. The van der Waals surface area contributed by atoms with E-state index in [2.05, 4.69) is 142 Å². The molecule has 0 saturated heterocycles. The first kappa shape index (κ1) is 105. The third-order valence-corrected chi connectivity index (χ3v) is 20.5. The van der Waals surface area contributed by atoms with Crippen molar-refractivity contribution in [2.75, 3.05) is 39.6 Å². The molecule has 0 aliphatic heterocycles. The Morgan fingerprint density at radius 3 is 0.798 bits per heavy atom. The fourth-order valence-electron chi connectivity index (χ4n) is 12.0. The van der Waals surface area contributed by atoms with Gasteiger partial charge in [0.1, 0.15) is 25.4 Å². The molecule has 0 aromatic carbocycles. The number of carbonyl (C=O) groups is 3. The van der Waals surface area contributed by atoms with Crippen molar-refractivity contribution in [1.29, 1.82) is 0 Å². The molecule has 0 rings (SSSR count). The van der Waals surface area contributed by atoms with Gasteiger partial charge in [-0.25, -0.2) is 9.13 Å². The summed E-state index contributed by atoms with van der Waals surface area (Å²) >= 11 is 0. The Bertz CT molecular complexity index is 2460. The highest BCUT2D eigenvalue weighted by molar-refractivity contribution is 7.47. The molecule has 16 nitrogen and oxygen atoms in total. The molecular formula is C91H160O16P2. The summed E-state index contributed by atoms with van der Waals surface area (Å²) in [5.74, 6) is -1.58. The second-order valence-electron chi connectivity index (χ2n) is 29.3. The lowest BCUT2D eigenvalue weighted by Crippen LogP contribution is -2.30. The van der Waals surface area contributed by atoms with Crippen molar-refractivity contribution < 1.29 is 75.8 Å². The fourth-order valence-corrected chi connectivity index (χ4v) is 13.6. The van der Waals surface area contributed by atoms with E-state index in [9.17, 15) is 43.5 Å². The maximum Gasteiger partial charge on any atom is 0.472 e. The zero-order valence-electron chi connectivity index (χ0n) is 69.2. The molecule has 5 unspecified atom stereocenters. The summed E-state index contributed by atoms with van der Waals surface area (Å²) < 4.78 is 61.3. The van der Waals surface area contributed by atoms with Gasteiger partial charge >= 0.3 is 33.6 Å². The molecule has 0 aliphatic carbocycles. The number of esters is 3. The summed E-state index contributed by atoms with van der Waals surface area (Å²) in [5.41, 5.74) is 0. The lowest BCUT2D eigenvalue weighted by atomic mass is 10.0. The van der Waals surface area contributed by atoms with Crippen LogP contribution in [0.25, 0.3) is 0 Å². The SMILES string of the molecule is CC/C=C\C/C=C\C/C=C\C/C=C\C/C=C\CCCCCCCCCCCC(=O)OCC(COP(=O)(O)OCC(O)COP(=O)(O)OCC(O)COC(=O)CCCCCCCCCCCCCCCCCCCCC/C=C\C/C=C\C/C=C\C/C=C\CCCCC)OC(=O)CCCCCCC/C=C\CCCCCC. The van der Waals surface area contributed by atoms with Crippen LogP contribution in [0.2, 0.25) is 0 Å². The molecule has 0 bridgehead atoms. The number of carbonyl (C=O) groups excluding carboxylic acids is 3. The summed E-state index contributed by atoms with van der Waals surface area (Å²) in [6.07, 6.45) is 101. The highest BCUT2D eigenvalue weighted by atomic mass is 31.2. The summed E-state index contributed by atoms with van der Waals surface area (Å²) in [6.45, 7) is 2.55. The maximum absolute atomic E-state index is 13.0. The van der Waals surface area contributed by atoms with Crippen LogP contribution in [-0.4, -0.2) is 95.9 Å². The standard InChI is InChI=1S/C91H160O16P2/c1-4-7-10-13-16-19-22-25-27-29-31-33-35-37-38-39-40-41-42-43-44-45-46-48-50-51-53-55-57-60-62-65-68-71-74-77-89(94)101-80-86(92)81-103-108(97,98)104-82-87(93)83-105-109(99,100)106-85-88(107-91(96)79-76-73-70-67-64-59-24-21-18-15-12-9-6-3)84-102-90(95)78-75-72-69-66-63-61-58-56-54-52-49-47-36-34-32-30-28-26-23-20-17-14-11-8-5-2/h8,11,16-17,19-21,24-28,31-34,37-38,47,49,86-88,92-93H,4-7,9-10,12-15,18,22-23,29-30,35-36,39-46,48,50-85H2,1-3H3,(H,97,98)(H,99,100)/b11-8-,19-16-,20-17-,24-21-,27-25-,28-26-,33-31-,34-32-,38-37-,49-47-. The third-order valence-electron chi connectivity index (χ3n) is 18.6. The van der Waals surface area contributed by atoms with Crippen molar-refractivity contribution in [2.45, 2.75) is 399 Å². The van der Waals surface area contributed by atoms with Crippen molar-refractivity contribution in [1.82, 2.24) is 0 Å². The van der Waals surface area contributed by atoms with Gasteiger partial charge in [0, 0.05) is 19.3 Å². The minimum atomic E-state index is -4.93. The Labute approximate surface area is 665 Å². The Hall–Kier alpha value is -4.05. The van der Waals surface area contributed by atoms with Gasteiger partial charge in [-0.15, -0.1) is 0 Å².